The molecule has 90 valence electrons. The fraction of sp³-hybridized carbons (Fsp3) is 0.462. The lowest BCUT2D eigenvalue weighted by atomic mass is 10.1. The van der Waals surface area contributed by atoms with Gasteiger partial charge in [-0.05, 0) is 47.6 Å². The molecule has 0 amide bonds. The van der Waals surface area contributed by atoms with E-state index in [1.807, 2.05) is 12.1 Å². The SMILES string of the molecule is Clc1cc(I)c2c(c1)N=C1CCCCCN1C2. The molecule has 0 saturated carbocycles. The number of halogens is 2. The van der Waals surface area contributed by atoms with Crippen LogP contribution in [0.1, 0.15) is 31.2 Å². The predicted octanol–water partition coefficient (Wildman–Crippen LogP) is 4.36. The Hall–Kier alpha value is -0.290. The van der Waals surface area contributed by atoms with Gasteiger partial charge in [-0.15, -0.1) is 0 Å². The van der Waals surface area contributed by atoms with E-state index in [1.165, 1.54) is 34.2 Å². The molecule has 0 radical (unpaired) electrons. The molecule has 0 N–H and O–H groups in total. The molecule has 3 rings (SSSR count). The molecule has 1 saturated heterocycles. The van der Waals surface area contributed by atoms with Gasteiger partial charge in [-0.1, -0.05) is 18.0 Å². The summed E-state index contributed by atoms with van der Waals surface area (Å²) < 4.78 is 1.23. The summed E-state index contributed by atoms with van der Waals surface area (Å²) >= 11 is 8.46. The number of benzene rings is 1. The van der Waals surface area contributed by atoms with E-state index in [1.54, 1.807) is 0 Å². The van der Waals surface area contributed by atoms with Crippen LogP contribution in [0.15, 0.2) is 17.1 Å². The molecule has 0 aromatic heterocycles. The Bertz CT molecular complexity index is 485. The van der Waals surface area contributed by atoms with Gasteiger partial charge < -0.3 is 4.90 Å². The monoisotopic (exact) mass is 360 g/mol. The first-order valence-corrected chi connectivity index (χ1v) is 7.50. The summed E-state index contributed by atoms with van der Waals surface area (Å²) in [6.07, 6.45) is 4.99. The van der Waals surface area contributed by atoms with Crippen LogP contribution in [-0.2, 0) is 6.54 Å². The number of hydrogen-bond acceptors (Lipinski definition) is 2. The van der Waals surface area contributed by atoms with Crippen molar-refractivity contribution >= 4 is 45.7 Å². The van der Waals surface area contributed by atoms with Crippen LogP contribution >= 0.6 is 34.2 Å². The Morgan fingerprint density at radius 3 is 3.00 bits per heavy atom. The average molecular weight is 361 g/mol. The van der Waals surface area contributed by atoms with Crippen molar-refractivity contribution in [2.45, 2.75) is 32.2 Å². The Morgan fingerprint density at radius 1 is 1.24 bits per heavy atom. The van der Waals surface area contributed by atoms with Crippen LogP contribution < -0.4 is 0 Å². The van der Waals surface area contributed by atoms with Crippen molar-refractivity contribution in [2.24, 2.45) is 4.99 Å². The second-order valence-electron chi connectivity index (χ2n) is 4.65. The largest absolute Gasteiger partial charge is 0.356 e. The van der Waals surface area contributed by atoms with Gasteiger partial charge in [0.1, 0.15) is 5.84 Å². The van der Waals surface area contributed by atoms with Crippen molar-refractivity contribution in [1.29, 1.82) is 0 Å². The van der Waals surface area contributed by atoms with Gasteiger partial charge >= 0.3 is 0 Å². The molecule has 0 spiro atoms. The summed E-state index contributed by atoms with van der Waals surface area (Å²) in [4.78, 5) is 7.24. The molecule has 2 aliphatic rings. The molecule has 0 unspecified atom stereocenters. The highest BCUT2D eigenvalue weighted by molar-refractivity contribution is 14.1. The predicted molar refractivity (Wildman–Crippen MR) is 80.1 cm³/mol. The number of amidine groups is 1. The minimum Gasteiger partial charge on any atom is -0.356 e. The summed E-state index contributed by atoms with van der Waals surface area (Å²) in [7, 11) is 0. The Kier molecular flexibility index (Phi) is 3.30. The molecule has 1 aromatic rings. The van der Waals surface area contributed by atoms with E-state index in [0.29, 0.717) is 0 Å². The van der Waals surface area contributed by atoms with E-state index in [0.717, 1.165) is 30.2 Å². The first-order chi connectivity index (χ1) is 8.24. The van der Waals surface area contributed by atoms with Crippen LogP contribution in [0.5, 0.6) is 0 Å². The molecule has 0 bridgehead atoms. The van der Waals surface area contributed by atoms with Gasteiger partial charge in [-0.25, -0.2) is 4.99 Å². The third-order valence-corrected chi connectivity index (χ3v) is 4.61. The first-order valence-electron chi connectivity index (χ1n) is 6.04. The summed E-state index contributed by atoms with van der Waals surface area (Å²) in [5.74, 6) is 1.26. The first kappa shape index (κ1) is 11.8. The third kappa shape index (κ3) is 2.32. The molecule has 1 fully saturated rings. The average Bonchev–Trinajstić information content (AvgIpc) is 2.51. The molecule has 1 aromatic carbocycles. The quantitative estimate of drug-likeness (QED) is 0.628. The topological polar surface area (TPSA) is 15.6 Å². The zero-order valence-electron chi connectivity index (χ0n) is 9.55. The lowest BCUT2D eigenvalue weighted by Crippen LogP contribution is -2.32. The zero-order valence-corrected chi connectivity index (χ0v) is 12.5. The molecular weight excluding hydrogens is 347 g/mol. The molecule has 0 aliphatic carbocycles. The normalized spacial score (nSPS) is 19.2. The van der Waals surface area contributed by atoms with Gasteiger partial charge in [0.05, 0.1) is 5.69 Å². The smallest absolute Gasteiger partial charge is 0.105 e. The van der Waals surface area contributed by atoms with Crippen molar-refractivity contribution in [1.82, 2.24) is 4.90 Å². The van der Waals surface area contributed by atoms with Gasteiger partial charge in [0.2, 0.25) is 0 Å². The molecule has 2 heterocycles. The number of rotatable bonds is 0. The second kappa shape index (κ2) is 4.76. The number of aliphatic imine (C=N–C) groups is 1. The molecule has 2 nitrogen and oxygen atoms in total. The van der Waals surface area contributed by atoms with Crippen LogP contribution in [0.2, 0.25) is 5.02 Å². The van der Waals surface area contributed by atoms with E-state index < -0.39 is 0 Å². The van der Waals surface area contributed by atoms with Gasteiger partial charge in [0.15, 0.2) is 0 Å². The van der Waals surface area contributed by atoms with E-state index in [2.05, 4.69) is 27.5 Å². The van der Waals surface area contributed by atoms with Crippen LogP contribution in [0.3, 0.4) is 0 Å². The maximum atomic E-state index is 6.10. The Morgan fingerprint density at radius 2 is 2.12 bits per heavy atom. The maximum Gasteiger partial charge on any atom is 0.105 e. The van der Waals surface area contributed by atoms with Crippen molar-refractivity contribution in [3.63, 3.8) is 0 Å². The van der Waals surface area contributed by atoms with Crippen molar-refractivity contribution < 1.29 is 0 Å². The summed E-state index contributed by atoms with van der Waals surface area (Å²) in [6, 6.07) is 4.02. The summed E-state index contributed by atoms with van der Waals surface area (Å²) in [6.45, 7) is 2.15. The fourth-order valence-electron chi connectivity index (χ4n) is 2.52. The highest BCUT2D eigenvalue weighted by atomic mass is 127. The molecule has 2 aliphatic heterocycles. The zero-order chi connectivity index (χ0) is 11.8. The highest BCUT2D eigenvalue weighted by Crippen LogP contribution is 2.34. The van der Waals surface area contributed by atoms with E-state index >= 15 is 0 Å². The van der Waals surface area contributed by atoms with E-state index in [9.17, 15) is 0 Å². The van der Waals surface area contributed by atoms with Crippen molar-refractivity contribution in [3.05, 3.63) is 26.3 Å². The second-order valence-corrected chi connectivity index (χ2v) is 6.24. The summed E-state index contributed by atoms with van der Waals surface area (Å²) in [5, 5.41) is 0.791. The van der Waals surface area contributed by atoms with E-state index in [4.69, 9.17) is 16.6 Å². The van der Waals surface area contributed by atoms with Crippen LogP contribution in [0, 0.1) is 3.57 Å². The van der Waals surface area contributed by atoms with Gasteiger partial charge in [-0.2, -0.15) is 0 Å². The molecular formula is C13H14ClIN2. The third-order valence-electron chi connectivity index (χ3n) is 3.43. The lowest BCUT2D eigenvalue weighted by molar-refractivity contribution is 0.402. The Balaban J connectivity index is 2.05. The van der Waals surface area contributed by atoms with Crippen LogP contribution in [-0.4, -0.2) is 17.3 Å². The number of hydrogen-bond donors (Lipinski definition) is 0. The van der Waals surface area contributed by atoms with Gasteiger partial charge in [-0.3, -0.25) is 0 Å². The highest BCUT2D eigenvalue weighted by Gasteiger charge is 2.22. The van der Waals surface area contributed by atoms with Gasteiger partial charge in [0.25, 0.3) is 0 Å². The Labute approximate surface area is 120 Å². The van der Waals surface area contributed by atoms with Crippen molar-refractivity contribution in [3.8, 4) is 0 Å². The van der Waals surface area contributed by atoms with Crippen LogP contribution in [0.25, 0.3) is 0 Å². The fourth-order valence-corrected chi connectivity index (χ4v) is 3.70. The molecule has 0 atom stereocenters. The number of fused-ring (bicyclic) bond motifs is 2. The summed E-state index contributed by atoms with van der Waals surface area (Å²) in [5.41, 5.74) is 2.41. The minimum atomic E-state index is 0.791. The maximum absolute atomic E-state index is 6.10. The lowest BCUT2D eigenvalue weighted by Gasteiger charge is -2.29. The van der Waals surface area contributed by atoms with Crippen molar-refractivity contribution in [2.75, 3.05) is 6.54 Å². The molecule has 4 heteroatoms. The van der Waals surface area contributed by atoms with E-state index in [-0.39, 0.29) is 0 Å². The standard InChI is InChI=1S/C13H14ClIN2/c14-9-6-11(15)10-8-17-5-3-1-2-4-13(17)16-12(10)7-9/h6-7H,1-5,8H2. The van der Waals surface area contributed by atoms with Crippen LogP contribution in [0.4, 0.5) is 5.69 Å². The molecule has 17 heavy (non-hydrogen) atoms. The number of nitrogens with zero attached hydrogens (tertiary/aromatic N) is 2. The minimum absolute atomic E-state index is 0.791. The van der Waals surface area contributed by atoms with Gasteiger partial charge in [0, 0.05) is 33.7 Å².